The van der Waals surface area contributed by atoms with Gasteiger partial charge >= 0.3 is 5.97 Å². The molecule has 0 bridgehead atoms. The van der Waals surface area contributed by atoms with Gasteiger partial charge in [0.1, 0.15) is 12.4 Å². The monoisotopic (exact) mass is 227 g/mol. The highest BCUT2D eigenvalue weighted by molar-refractivity contribution is 6.30. The van der Waals surface area contributed by atoms with E-state index in [0.29, 0.717) is 10.8 Å². The number of halogens is 1. The van der Waals surface area contributed by atoms with Gasteiger partial charge in [0.15, 0.2) is 6.04 Å². The molecule has 0 fully saturated rings. The molecule has 1 heterocycles. The van der Waals surface area contributed by atoms with E-state index in [1.165, 1.54) is 7.11 Å². The van der Waals surface area contributed by atoms with E-state index in [2.05, 4.69) is 10.1 Å². The first-order valence-electron chi connectivity index (χ1n) is 4.47. The van der Waals surface area contributed by atoms with Crippen LogP contribution in [0.4, 0.5) is 5.69 Å². The van der Waals surface area contributed by atoms with Crippen molar-refractivity contribution >= 4 is 23.3 Å². The number of esters is 1. The Bertz CT molecular complexity index is 394. The van der Waals surface area contributed by atoms with Crippen molar-refractivity contribution in [3.63, 3.8) is 0 Å². The highest BCUT2D eigenvalue weighted by atomic mass is 35.5. The Hall–Kier alpha value is -1.42. The second-order valence-corrected chi connectivity index (χ2v) is 3.61. The number of fused-ring (bicyclic) bond motifs is 1. The van der Waals surface area contributed by atoms with Gasteiger partial charge in [-0.3, -0.25) is 0 Å². The third-order valence-corrected chi connectivity index (χ3v) is 2.40. The predicted molar refractivity (Wildman–Crippen MR) is 56.4 cm³/mol. The minimum absolute atomic E-state index is 0.250. The quantitative estimate of drug-likeness (QED) is 0.742. The molecule has 15 heavy (non-hydrogen) atoms. The van der Waals surface area contributed by atoms with Gasteiger partial charge in [-0.05, 0) is 12.1 Å². The molecule has 80 valence electrons. The van der Waals surface area contributed by atoms with Crippen LogP contribution in [0.25, 0.3) is 0 Å². The van der Waals surface area contributed by atoms with Crippen LogP contribution in [0.2, 0.25) is 5.02 Å². The van der Waals surface area contributed by atoms with Gasteiger partial charge in [0.2, 0.25) is 0 Å². The summed E-state index contributed by atoms with van der Waals surface area (Å²) >= 11 is 5.80. The lowest BCUT2D eigenvalue weighted by Crippen LogP contribution is -2.39. The van der Waals surface area contributed by atoms with Crippen molar-refractivity contribution in [3.05, 3.63) is 23.2 Å². The Morgan fingerprint density at radius 3 is 3.20 bits per heavy atom. The van der Waals surface area contributed by atoms with E-state index in [0.717, 1.165) is 5.69 Å². The number of methoxy groups -OCH3 is 1. The van der Waals surface area contributed by atoms with Crippen LogP contribution in [-0.4, -0.2) is 25.7 Å². The van der Waals surface area contributed by atoms with Crippen LogP contribution in [0, 0.1) is 0 Å². The molecule has 1 atom stereocenters. The van der Waals surface area contributed by atoms with Crippen molar-refractivity contribution < 1.29 is 14.3 Å². The summed E-state index contributed by atoms with van der Waals surface area (Å²) in [7, 11) is 1.35. The van der Waals surface area contributed by atoms with Gasteiger partial charge in [-0.1, -0.05) is 11.6 Å². The van der Waals surface area contributed by atoms with Gasteiger partial charge in [0.25, 0.3) is 0 Å². The zero-order valence-corrected chi connectivity index (χ0v) is 8.88. The summed E-state index contributed by atoms with van der Waals surface area (Å²) < 4.78 is 10.0. The van der Waals surface area contributed by atoms with E-state index in [1.54, 1.807) is 18.2 Å². The van der Waals surface area contributed by atoms with Gasteiger partial charge in [0, 0.05) is 11.1 Å². The number of anilines is 1. The van der Waals surface area contributed by atoms with Crippen molar-refractivity contribution in [2.45, 2.75) is 6.04 Å². The van der Waals surface area contributed by atoms with Crippen molar-refractivity contribution in [1.82, 2.24) is 0 Å². The summed E-state index contributed by atoms with van der Waals surface area (Å²) in [6.45, 7) is 0.250. The van der Waals surface area contributed by atoms with Crippen LogP contribution in [0.1, 0.15) is 0 Å². The van der Waals surface area contributed by atoms with Gasteiger partial charge in [0.05, 0.1) is 12.8 Å². The fourth-order valence-corrected chi connectivity index (χ4v) is 1.57. The Morgan fingerprint density at radius 1 is 1.67 bits per heavy atom. The lowest BCUT2D eigenvalue weighted by Gasteiger charge is -2.25. The first-order chi connectivity index (χ1) is 7.20. The number of carbonyl (C=O) groups is 1. The second-order valence-electron chi connectivity index (χ2n) is 3.17. The molecule has 1 aromatic carbocycles. The molecule has 1 aliphatic rings. The normalized spacial score (nSPS) is 18.4. The topological polar surface area (TPSA) is 47.6 Å². The van der Waals surface area contributed by atoms with E-state index in [1.807, 2.05) is 0 Å². The van der Waals surface area contributed by atoms with E-state index in [-0.39, 0.29) is 12.6 Å². The van der Waals surface area contributed by atoms with Crippen LogP contribution >= 0.6 is 11.6 Å². The number of hydrogen-bond donors (Lipinski definition) is 1. The molecule has 4 nitrogen and oxygen atoms in total. The second kappa shape index (κ2) is 3.98. The zero-order valence-electron chi connectivity index (χ0n) is 8.12. The summed E-state index contributed by atoms with van der Waals surface area (Å²) in [6.07, 6.45) is 0. The van der Waals surface area contributed by atoms with Crippen LogP contribution in [0.15, 0.2) is 18.2 Å². The molecule has 5 heteroatoms. The number of ether oxygens (including phenoxy) is 2. The van der Waals surface area contributed by atoms with Gasteiger partial charge < -0.3 is 14.8 Å². The van der Waals surface area contributed by atoms with Crippen LogP contribution in [-0.2, 0) is 9.53 Å². The molecule has 1 N–H and O–H groups in total. The van der Waals surface area contributed by atoms with Crippen molar-refractivity contribution in [3.8, 4) is 5.75 Å². The van der Waals surface area contributed by atoms with Crippen LogP contribution < -0.4 is 10.1 Å². The number of carbonyl (C=O) groups excluding carboxylic acids is 1. The van der Waals surface area contributed by atoms with Crippen LogP contribution in [0.5, 0.6) is 5.75 Å². The SMILES string of the molecule is COC(=O)C1COc2cc(Cl)ccc2N1. The van der Waals surface area contributed by atoms with Crippen LogP contribution in [0.3, 0.4) is 0 Å². The fourth-order valence-electron chi connectivity index (χ4n) is 1.41. The molecule has 1 unspecified atom stereocenters. The smallest absolute Gasteiger partial charge is 0.331 e. The molecule has 2 rings (SSSR count). The third kappa shape index (κ3) is 1.99. The standard InChI is InChI=1S/C10H10ClNO3/c1-14-10(13)8-5-15-9-4-6(11)2-3-7(9)12-8/h2-4,8,12H,5H2,1H3. The number of nitrogens with one attached hydrogen (secondary N) is 1. The maximum absolute atomic E-state index is 11.3. The molecule has 0 aromatic heterocycles. The summed E-state index contributed by atoms with van der Waals surface area (Å²) in [5, 5.41) is 3.62. The fraction of sp³-hybridized carbons (Fsp3) is 0.300. The first-order valence-corrected chi connectivity index (χ1v) is 4.85. The average Bonchev–Trinajstić information content (AvgIpc) is 2.27. The Morgan fingerprint density at radius 2 is 2.47 bits per heavy atom. The predicted octanol–water partition coefficient (Wildman–Crippen LogP) is 1.69. The van der Waals surface area contributed by atoms with Gasteiger partial charge in [-0.15, -0.1) is 0 Å². The first kappa shape index (κ1) is 10.1. The Kier molecular flexibility index (Phi) is 2.68. The molecule has 1 aliphatic heterocycles. The van der Waals surface area contributed by atoms with Crippen molar-refractivity contribution in [2.24, 2.45) is 0 Å². The lowest BCUT2D eigenvalue weighted by molar-refractivity contribution is -0.142. The minimum Gasteiger partial charge on any atom is -0.489 e. The zero-order chi connectivity index (χ0) is 10.8. The van der Waals surface area contributed by atoms with Crippen molar-refractivity contribution in [1.29, 1.82) is 0 Å². The lowest BCUT2D eigenvalue weighted by atomic mass is 10.2. The van der Waals surface area contributed by atoms with Gasteiger partial charge in [-0.2, -0.15) is 0 Å². The highest BCUT2D eigenvalue weighted by Crippen LogP contribution is 2.31. The molecule has 0 saturated heterocycles. The average molecular weight is 228 g/mol. The molecule has 1 aromatic rings. The summed E-state index contributed by atoms with van der Waals surface area (Å²) in [5.41, 5.74) is 0.751. The molecule has 0 saturated carbocycles. The van der Waals surface area contributed by atoms with E-state index in [4.69, 9.17) is 16.3 Å². The van der Waals surface area contributed by atoms with E-state index < -0.39 is 6.04 Å². The summed E-state index contributed by atoms with van der Waals surface area (Å²) in [6, 6.07) is 4.75. The number of benzene rings is 1. The number of hydrogen-bond acceptors (Lipinski definition) is 4. The number of rotatable bonds is 1. The molecular weight excluding hydrogens is 218 g/mol. The van der Waals surface area contributed by atoms with Gasteiger partial charge in [-0.25, -0.2) is 4.79 Å². The molecule has 0 amide bonds. The summed E-state index contributed by atoms with van der Waals surface area (Å²) in [5.74, 6) is 0.318. The maximum Gasteiger partial charge on any atom is 0.331 e. The largest absolute Gasteiger partial charge is 0.489 e. The maximum atomic E-state index is 11.3. The molecule has 0 spiro atoms. The highest BCUT2D eigenvalue weighted by Gasteiger charge is 2.25. The molecule has 0 aliphatic carbocycles. The van der Waals surface area contributed by atoms with E-state index >= 15 is 0 Å². The Balaban J connectivity index is 2.20. The minimum atomic E-state index is -0.455. The van der Waals surface area contributed by atoms with Crippen molar-refractivity contribution in [2.75, 3.05) is 19.0 Å². The Labute approximate surface area is 92.1 Å². The third-order valence-electron chi connectivity index (χ3n) is 2.16. The summed E-state index contributed by atoms with van der Waals surface area (Å²) in [4.78, 5) is 11.3. The molecular formula is C10H10ClNO3. The van der Waals surface area contributed by atoms with E-state index in [9.17, 15) is 4.79 Å². The molecule has 0 radical (unpaired) electrons.